The monoisotopic (exact) mass is 537 g/mol. The van der Waals surface area contributed by atoms with Crippen LogP contribution in [0.3, 0.4) is 0 Å². The number of anilines is 1. The normalized spacial score (nSPS) is 26.1. The van der Waals surface area contributed by atoms with Crippen molar-refractivity contribution in [1.82, 2.24) is 9.97 Å². The molecule has 37 heavy (non-hydrogen) atoms. The molecule has 198 valence electrons. The van der Waals surface area contributed by atoms with Crippen molar-refractivity contribution in [3.63, 3.8) is 0 Å². The Hall–Kier alpha value is -2.84. The maximum atomic E-state index is 15.2. The summed E-state index contributed by atoms with van der Waals surface area (Å²) in [4.78, 5) is 8.84. The van der Waals surface area contributed by atoms with E-state index in [0.717, 1.165) is 6.26 Å². The zero-order chi connectivity index (χ0) is 25.9. The van der Waals surface area contributed by atoms with E-state index >= 15 is 8.78 Å². The van der Waals surface area contributed by atoms with E-state index in [1.54, 1.807) is 0 Å². The Labute approximate surface area is 211 Å². The molecule has 3 aliphatic rings. The van der Waals surface area contributed by atoms with Crippen molar-refractivity contribution >= 4 is 26.6 Å². The van der Waals surface area contributed by atoms with Gasteiger partial charge in [-0.2, -0.15) is 0 Å². The molecule has 3 aromatic rings. The fourth-order valence-corrected chi connectivity index (χ4v) is 6.03. The van der Waals surface area contributed by atoms with Crippen LogP contribution in [-0.4, -0.2) is 93.7 Å². The average Bonchev–Trinajstić information content (AvgIpc) is 3.53. The fraction of sp³-hybridized carbons (Fsp3) is 0.458. The third-order valence-corrected chi connectivity index (χ3v) is 7.97. The van der Waals surface area contributed by atoms with Crippen LogP contribution >= 0.6 is 0 Å². The number of nitrogens with one attached hydrogen (secondary N) is 1. The van der Waals surface area contributed by atoms with Crippen molar-refractivity contribution in [2.75, 3.05) is 50.7 Å². The van der Waals surface area contributed by atoms with Crippen LogP contribution in [0.4, 0.5) is 14.5 Å². The minimum Gasteiger partial charge on any atom is -0.469 e. The summed E-state index contributed by atoms with van der Waals surface area (Å²) in [6, 6.07) is 5.39. The van der Waals surface area contributed by atoms with Gasteiger partial charge in [-0.05, 0) is 24.3 Å². The molecule has 10 nitrogen and oxygen atoms in total. The van der Waals surface area contributed by atoms with Gasteiger partial charge in [0.25, 0.3) is 0 Å². The first-order valence-electron chi connectivity index (χ1n) is 11.8. The van der Waals surface area contributed by atoms with Crippen LogP contribution in [0.5, 0.6) is 5.88 Å². The largest absolute Gasteiger partial charge is 0.469 e. The Bertz CT molecular complexity index is 1440. The van der Waals surface area contributed by atoms with Crippen molar-refractivity contribution in [3.05, 3.63) is 35.9 Å². The lowest BCUT2D eigenvalue weighted by atomic mass is 10.1. The molecule has 0 bridgehead atoms. The Morgan fingerprint density at radius 3 is 2.51 bits per heavy atom. The first-order chi connectivity index (χ1) is 17.7. The number of aliphatic hydroxyl groups excluding tert-OH is 1. The Morgan fingerprint density at radius 2 is 1.81 bits per heavy atom. The number of nitrogens with zero attached hydrogens (tertiary/aromatic N) is 2. The van der Waals surface area contributed by atoms with E-state index in [2.05, 4.69) is 9.97 Å². The first kappa shape index (κ1) is 24.5. The SMILES string of the molecule is CS(=O)(=O)c1c(O[C@@H]2COC3C2OC[C@H]3O)[nH]c2ccc(-c3c(F)cc(N4CCOCC4)cc3F)nc12. The van der Waals surface area contributed by atoms with Gasteiger partial charge < -0.3 is 33.9 Å². The van der Waals surface area contributed by atoms with E-state index in [4.69, 9.17) is 18.9 Å². The van der Waals surface area contributed by atoms with Crippen molar-refractivity contribution in [1.29, 1.82) is 0 Å². The lowest BCUT2D eigenvalue weighted by Gasteiger charge is -2.29. The second kappa shape index (κ2) is 9.17. The predicted molar refractivity (Wildman–Crippen MR) is 127 cm³/mol. The van der Waals surface area contributed by atoms with Crippen LogP contribution in [0, 0.1) is 11.6 Å². The molecule has 3 fully saturated rings. The number of fused-ring (bicyclic) bond motifs is 2. The predicted octanol–water partition coefficient (Wildman–Crippen LogP) is 1.65. The fourth-order valence-electron chi connectivity index (χ4n) is 5.09. The van der Waals surface area contributed by atoms with Crippen LogP contribution in [0.2, 0.25) is 0 Å². The molecule has 0 saturated carbocycles. The van der Waals surface area contributed by atoms with Gasteiger partial charge in [-0.15, -0.1) is 0 Å². The molecule has 0 aliphatic carbocycles. The quantitative estimate of drug-likeness (QED) is 0.500. The molecule has 1 aromatic carbocycles. The van der Waals surface area contributed by atoms with Gasteiger partial charge in [-0.3, -0.25) is 0 Å². The van der Waals surface area contributed by atoms with Crippen LogP contribution in [0.15, 0.2) is 29.2 Å². The number of sulfone groups is 1. The zero-order valence-electron chi connectivity index (χ0n) is 19.8. The number of aromatic nitrogens is 2. The second-order valence-corrected chi connectivity index (χ2v) is 11.3. The number of pyridine rings is 1. The highest BCUT2D eigenvalue weighted by Crippen LogP contribution is 2.37. The highest BCUT2D eigenvalue weighted by atomic mass is 32.2. The Morgan fingerprint density at radius 1 is 1.11 bits per heavy atom. The number of hydrogen-bond donors (Lipinski definition) is 2. The standard InChI is InChI=1S/C24H25F2N3O7S/c1-37(31,32)23-20-16(28-24(23)36-18-11-35-21-17(30)10-34-22(18)21)3-2-15(27-20)19-13(25)8-12(9-14(19)26)29-4-6-33-7-5-29/h2-3,8-9,17-18,21-22,28,30H,4-7,10-11H2,1H3/t17-,18-,21?,22?/m1/s1. The van der Waals surface area contributed by atoms with E-state index in [0.29, 0.717) is 37.5 Å². The highest BCUT2D eigenvalue weighted by Gasteiger charge is 2.49. The van der Waals surface area contributed by atoms with Crippen molar-refractivity contribution in [2.45, 2.75) is 29.3 Å². The number of halogens is 2. The molecule has 2 aromatic heterocycles. The van der Waals surface area contributed by atoms with Crippen LogP contribution < -0.4 is 9.64 Å². The van der Waals surface area contributed by atoms with Gasteiger partial charge in [-0.25, -0.2) is 22.2 Å². The number of morpholine rings is 1. The van der Waals surface area contributed by atoms with Crippen molar-refractivity contribution < 1.29 is 41.3 Å². The number of rotatable bonds is 5. The summed E-state index contributed by atoms with van der Waals surface area (Å²) in [7, 11) is -3.89. The first-order valence-corrected chi connectivity index (χ1v) is 13.7. The maximum Gasteiger partial charge on any atom is 0.213 e. The van der Waals surface area contributed by atoms with Gasteiger partial charge in [0.2, 0.25) is 5.88 Å². The van der Waals surface area contributed by atoms with E-state index in [9.17, 15) is 13.5 Å². The van der Waals surface area contributed by atoms with Gasteiger partial charge >= 0.3 is 0 Å². The molecular weight excluding hydrogens is 512 g/mol. The molecule has 0 amide bonds. The van der Waals surface area contributed by atoms with Gasteiger partial charge in [0.1, 0.15) is 35.5 Å². The van der Waals surface area contributed by atoms with E-state index < -0.39 is 45.9 Å². The number of ether oxygens (including phenoxy) is 4. The third-order valence-electron chi connectivity index (χ3n) is 6.85. The molecule has 0 spiro atoms. The van der Waals surface area contributed by atoms with Gasteiger partial charge in [0.05, 0.1) is 43.2 Å². The topological polar surface area (TPSA) is 123 Å². The van der Waals surface area contributed by atoms with Gasteiger partial charge in [0, 0.05) is 25.0 Å². The molecule has 2 unspecified atom stereocenters. The smallest absolute Gasteiger partial charge is 0.213 e. The summed E-state index contributed by atoms with van der Waals surface area (Å²) in [6.07, 6.45) is -1.59. The summed E-state index contributed by atoms with van der Waals surface area (Å²) in [6.45, 7) is 2.16. The summed E-state index contributed by atoms with van der Waals surface area (Å²) in [5, 5.41) is 9.97. The van der Waals surface area contributed by atoms with E-state index in [1.807, 2.05) is 4.90 Å². The summed E-state index contributed by atoms with van der Waals surface area (Å²) in [5.41, 5.74) is 0.288. The molecule has 3 saturated heterocycles. The molecule has 4 atom stereocenters. The maximum absolute atomic E-state index is 15.2. The molecule has 3 aliphatic heterocycles. The van der Waals surface area contributed by atoms with Gasteiger partial charge in [-0.1, -0.05) is 0 Å². The highest BCUT2D eigenvalue weighted by molar-refractivity contribution is 7.91. The third kappa shape index (κ3) is 4.34. The summed E-state index contributed by atoms with van der Waals surface area (Å²) in [5.74, 6) is -1.70. The van der Waals surface area contributed by atoms with E-state index in [-0.39, 0.29) is 40.8 Å². The lowest BCUT2D eigenvalue weighted by molar-refractivity contribution is 0.00739. The molecular formula is C24H25F2N3O7S. The molecule has 2 N–H and O–H groups in total. The summed E-state index contributed by atoms with van der Waals surface area (Å²) < 4.78 is 78.3. The minimum atomic E-state index is -3.89. The number of aliphatic hydroxyl groups is 1. The lowest BCUT2D eigenvalue weighted by Crippen LogP contribution is -2.36. The zero-order valence-corrected chi connectivity index (χ0v) is 20.6. The molecule has 5 heterocycles. The number of aromatic amines is 1. The molecule has 0 radical (unpaired) electrons. The molecule has 6 rings (SSSR count). The van der Waals surface area contributed by atoms with Crippen molar-refractivity contribution in [2.24, 2.45) is 0 Å². The van der Waals surface area contributed by atoms with Gasteiger partial charge in [0.15, 0.2) is 20.8 Å². The second-order valence-electron chi connectivity index (χ2n) is 9.35. The van der Waals surface area contributed by atoms with Crippen molar-refractivity contribution in [3.8, 4) is 17.1 Å². The number of benzene rings is 1. The number of hydrogen-bond acceptors (Lipinski definition) is 9. The van der Waals surface area contributed by atoms with Crippen LogP contribution in [-0.2, 0) is 24.0 Å². The Balaban J connectivity index is 1.38. The minimum absolute atomic E-state index is 0.00565. The average molecular weight is 538 g/mol. The summed E-state index contributed by atoms with van der Waals surface area (Å²) >= 11 is 0. The van der Waals surface area contributed by atoms with Crippen LogP contribution in [0.25, 0.3) is 22.3 Å². The molecule has 13 heteroatoms. The van der Waals surface area contributed by atoms with E-state index in [1.165, 1.54) is 24.3 Å². The number of H-pyrrole nitrogens is 1. The van der Waals surface area contributed by atoms with Crippen LogP contribution in [0.1, 0.15) is 0 Å². The Kier molecular flexibility index (Phi) is 6.07.